The summed E-state index contributed by atoms with van der Waals surface area (Å²) in [4.78, 5) is 4.07. The summed E-state index contributed by atoms with van der Waals surface area (Å²) in [6.07, 6.45) is 1.26. The van der Waals surface area contributed by atoms with E-state index >= 15 is 0 Å². The summed E-state index contributed by atoms with van der Waals surface area (Å²) >= 11 is 0. The smallest absolute Gasteiger partial charge is 0.137 e. The van der Waals surface area contributed by atoms with Gasteiger partial charge in [0.1, 0.15) is 11.6 Å². The van der Waals surface area contributed by atoms with Crippen molar-refractivity contribution in [3.05, 3.63) is 18.3 Å². The lowest BCUT2D eigenvalue weighted by atomic mass is 10.4. The summed E-state index contributed by atoms with van der Waals surface area (Å²) in [6, 6.07) is 3.62. The molecule has 4 nitrogen and oxygen atoms in total. The molecule has 0 bridgehead atoms. The Kier molecular flexibility index (Phi) is 3.52. The van der Waals surface area contributed by atoms with Crippen molar-refractivity contribution in [2.75, 3.05) is 19.0 Å². The Balaban J connectivity index is 2.49. The van der Waals surface area contributed by atoms with Crippen molar-refractivity contribution in [3.8, 4) is 5.75 Å². The predicted molar refractivity (Wildman–Crippen MR) is 51.0 cm³/mol. The van der Waals surface area contributed by atoms with Gasteiger partial charge < -0.3 is 15.2 Å². The van der Waals surface area contributed by atoms with Crippen LogP contribution in [0.5, 0.6) is 5.75 Å². The van der Waals surface area contributed by atoms with E-state index in [1.807, 2.05) is 6.07 Å². The van der Waals surface area contributed by atoms with Crippen LogP contribution in [-0.4, -0.2) is 29.8 Å². The van der Waals surface area contributed by atoms with Crippen LogP contribution in [0.3, 0.4) is 0 Å². The molecule has 4 heteroatoms. The second kappa shape index (κ2) is 4.67. The van der Waals surface area contributed by atoms with Gasteiger partial charge in [-0.1, -0.05) is 0 Å². The van der Waals surface area contributed by atoms with E-state index < -0.39 is 0 Å². The van der Waals surface area contributed by atoms with Crippen LogP contribution in [0.15, 0.2) is 18.3 Å². The Labute approximate surface area is 77.6 Å². The van der Waals surface area contributed by atoms with Gasteiger partial charge >= 0.3 is 0 Å². The number of hydrogen-bond donors (Lipinski definition) is 2. The molecule has 0 radical (unpaired) electrons. The van der Waals surface area contributed by atoms with Gasteiger partial charge in [0, 0.05) is 6.54 Å². The second-order valence-electron chi connectivity index (χ2n) is 2.81. The molecule has 0 aliphatic carbocycles. The maximum Gasteiger partial charge on any atom is 0.137 e. The fourth-order valence-corrected chi connectivity index (χ4v) is 0.858. The van der Waals surface area contributed by atoms with E-state index in [0.29, 0.717) is 6.54 Å². The van der Waals surface area contributed by atoms with Crippen molar-refractivity contribution in [2.45, 2.75) is 13.0 Å². The number of nitrogens with zero attached hydrogens (tertiary/aromatic N) is 1. The zero-order chi connectivity index (χ0) is 9.68. The number of nitrogens with one attached hydrogen (secondary N) is 1. The average Bonchev–Trinajstić information content (AvgIpc) is 2.15. The van der Waals surface area contributed by atoms with E-state index in [2.05, 4.69) is 10.3 Å². The standard InChI is InChI=1S/C9H14N2O2/c1-7(12)5-10-9-4-3-8(13-2)6-11-9/h3-4,6-7,12H,5H2,1-2H3,(H,10,11)/t7-/m1/s1. The number of methoxy groups -OCH3 is 1. The Hall–Kier alpha value is -1.29. The van der Waals surface area contributed by atoms with Crippen LogP contribution < -0.4 is 10.1 Å². The minimum absolute atomic E-state index is 0.371. The number of hydrogen-bond acceptors (Lipinski definition) is 4. The third-order valence-electron chi connectivity index (χ3n) is 1.55. The van der Waals surface area contributed by atoms with Gasteiger partial charge in [-0.15, -0.1) is 0 Å². The zero-order valence-corrected chi connectivity index (χ0v) is 7.82. The molecule has 0 saturated carbocycles. The van der Waals surface area contributed by atoms with Gasteiger partial charge in [-0.3, -0.25) is 0 Å². The Morgan fingerprint density at radius 1 is 1.62 bits per heavy atom. The van der Waals surface area contributed by atoms with Crippen LogP contribution in [0.25, 0.3) is 0 Å². The third-order valence-corrected chi connectivity index (χ3v) is 1.55. The minimum atomic E-state index is -0.371. The van der Waals surface area contributed by atoms with Crippen LogP contribution in [0.2, 0.25) is 0 Å². The molecule has 0 spiro atoms. The highest BCUT2D eigenvalue weighted by atomic mass is 16.5. The van der Waals surface area contributed by atoms with Crippen molar-refractivity contribution in [1.29, 1.82) is 0 Å². The molecular weight excluding hydrogens is 168 g/mol. The molecule has 72 valence electrons. The summed E-state index contributed by atoms with van der Waals surface area (Å²) in [5.41, 5.74) is 0. The Bertz CT molecular complexity index is 246. The highest BCUT2D eigenvalue weighted by molar-refractivity contribution is 5.37. The van der Waals surface area contributed by atoms with Crippen LogP contribution in [-0.2, 0) is 0 Å². The molecule has 1 aromatic rings. The maximum absolute atomic E-state index is 9.00. The summed E-state index contributed by atoms with van der Waals surface area (Å²) in [6.45, 7) is 2.22. The molecule has 1 rings (SSSR count). The predicted octanol–water partition coefficient (Wildman–Crippen LogP) is 0.883. The first-order valence-corrected chi connectivity index (χ1v) is 4.14. The Morgan fingerprint density at radius 2 is 2.38 bits per heavy atom. The number of pyridine rings is 1. The maximum atomic E-state index is 9.00. The van der Waals surface area contributed by atoms with Gasteiger partial charge in [0.15, 0.2) is 0 Å². The molecule has 1 atom stereocenters. The van der Waals surface area contributed by atoms with Gasteiger partial charge in [0.05, 0.1) is 19.4 Å². The summed E-state index contributed by atoms with van der Waals surface area (Å²) in [7, 11) is 1.60. The molecule has 0 aliphatic rings. The van der Waals surface area contributed by atoms with E-state index in [1.165, 1.54) is 0 Å². The molecule has 13 heavy (non-hydrogen) atoms. The highest BCUT2D eigenvalue weighted by Gasteiger charge is 1.97. The average molecular weight is 182 g/mol. The fourth-order valence-electron chi connectivity index (χ4n) is 0.858. The van der Waals surface area contributed by atoms with E-state index in [1.54, 1.807) is 26.3 Å². The number of anilines is 1. The Morgan fingerprint density at radius 3 is 2.85 bits per heavy atom. The minimum Gasteiger partial charge on any atom is -0.495 e. The van der Waals surface area contributed by atoms with Crippen LogP contribution in [0, 0.1) is 0 Å². The van der Waals surface area contributed by atoms with Crippen LogP contribution >= 0.6 is 0 Å². The van der Waals surface area contributed by atoms with Crippen molar-refractivity contribution >= 4 is 5.82 Å². The van der Waals surface area contributed by atoms with Gasteiger partial charge in [0.2, 0.25) is 0 Å². The van der Waals surface area contributed by atoms with E-state index in [0.717, 1.165) is 11.6 Å². The van der Waals surface area contributed by atoms with E-state index in [4.69, 9.17) is 9.84 Å². The van der Waals surface area contributed by atoms with Crippen molar-refractivity contribution in [1.82, 2.24) is 4.98 Å². The number of ether oxygens (including phenoxy) is 1. The highest BCUT2D eigenvalue weighted by Crippen LogP contribution is 2.10. The van der Waals surface area contributed by atoms with Crippen LogP contribution in [0.1, 0.15) is 6.92 Å². The molecule has 0 aromatic carbocycles. The van der Waals surface area contributed by atoms with E-state index in [9.17, 15) is 0 Å². The number of aliphatic hydroxyl groups excluding tert-OH is 1. The summed E-state index contributed by atoms with van der Waals surface area (Å²) < 4.78 is 4.96. The van der Waals surface area contributed by atoms with E-state index in [-0.39, 0.29) is 6.10 Å². The molecule has 0 amide bonds. The molecule has 0 unspecified atom stereocenters. The zero-order valence-electron chi connectivity index (χ0n) is 7.82. The largest absolute Gasteiger partial charge is 0.495 e. The molecule has 1 aromatic heterocycles. The third kappa shape index (κ3) is 3.29. The van der Waals surface area contributed by atoms with Crippen molar-refractivity contribution < 1.29 is 9.84 Å². The SMILES string of the molecule is COc1ccc(NC[C@@H](C)O)nc1. The van der Waals surface area contributed by atoms with Crippen molar-refractivity contribution in [3.63, 3.8) is 0 Å². The molecule has 0 saturated heterocycles. The van der Waals surface area contributed by atoms with Gasteiger partial charge in [-0.2, -0.15) is 0 Å². The first kappa shape index (κ1) is 9.80. The molecule has 0 fully saturated rings. The second-order valence-corrected chi connectivity index (χ2v) is 2.81. The number of aliphatic hydroxyl groups is 1. The lowest BCUT2D eigenvalue weighted by Crippen LogP contribution is -2.15. The number of rotatable bonds is 4. The molecule has 0 aliphatic heterocycles. The van der Waals surface area contributed by atoms with Gasteiger partial charge in [0.25, 0.3) is 0 Å². The quantitative estimate of drug-likeness (QED) is 0.726. The monoisotopic (exact) mass is 182 g/mol. The topological polar surface area (TPSA) is 54.4 Å². The molecular formula is C9H14N2O2. The summed E-state index contributed by atoms with van der Waals surface area (Å²) in [5, 5.41) is 12.0. The number of aromatic nitrogens is 1. The lowest BCUT2D eigenvalue weighted by Gasteiger charge is -2.07. The first-order valence-electron chi connectivity index (χ1n) is 4.14. The first-order chi connectivity index (χ1) is 6.22. The molecule has 2 N–H and O–H groups in total. The van der Waals surface area contributed by atoms with Gasteiger partial charge in [-0.25, -0.2) is 4.98 Å². The van der Waals surface area contributed by atoms with Gasteiger partial charge in [-0.05, 0) is 19.1 Å². The molecule has 1 heterocycles. The van der Waals surface area contributed by atoms with Crippen LogP contribution in [0.4, 0.5) is 5.82 Å². The lowest BCUT2D eigenvalue weighted by molar-refractivity contribution is 0.208. The normalized spacial score (nSPS) is 12.2. The summed E-state index contributed by atoms with van der Waals surface area (Å²) in [5.74, 6) is 1.46. The fraction of sp³-hybridized carbons (Fsp3) is 0.444. The van der Waals surface area contributed by atoms with Crippen molar-refractivity contribution in [2.24, 2.45) is 0 Å².